The Balaban J connectivity index is 1.64. The van der Waals surface area contributed by atoms with Crippen LogP contribution in [0.5, 0.6) is 17.2 Å². The van der Waals surface area contributed by atoms with Gasteiger partial charge in [0.05, 0.1) is 31.1 Å². The molecule has 10 heteroatoms. The quantitative estimate of drug-likeness (QED) is 0.335. The third-order valence-corrected chi connectivity index (χ3v) is 7.93. The highest BCUT2D eigenvalue weighted by Crippen LogP contribution is 2.42. The monoisotopic (exact) mass is 502 g/mol. The number of rotatable bonds is 7. The third kappa shape index (κ3) is 4.52. The molecule has 0 saturated carbocycles. The van der Waals surface area contributed by atoms with Crippen molar-refractivity contribution < 1.29 is 22.6 Å². The first kappa shape index (κ1) is 23.0. The molecule has 4 aromatic rings. The van der Waals surface area contributed by atoms with Gasteiger partial charge in [-0.25, -0.2) is 8.42 Å². The van der Waals surface area contributed by atoms with Gasteiger partial charge < -0.3 is 14.2 Å². The van der Waals surface area contributed by atoms with E-state index in [9.17, 15) is 8.42 Å². The number of methoxy groups -OCH3 is 3. The molecule has 1 heterocycles. The minimum atomic E-state index is -3.65. The summed E-state index contributed by atoms with van der Waals surface area (Å²) in [4.78, 5) is 0.364. The summed E-state index contributed by atoms with van der Waals surface area (Å²) in [6, 6.07) is 16.2. The van der Waals surface area contributed by atoms with Gasteiger partial charge in [-0.3, -0.25) is 0 Å². The molecular formula is C23H19ClN2O5S2. The second-order valence-electron chi connectivity index (χ2n) is 6.81. The summed E-state index contributed by atoms with van der Waals surface area (Å²) < 4.78 is 41.9. The van der Waals surface area contributed by atoms with Crippen molar-refractivity contribution in [3.63, 3.8) is 0 Å². The van der Waals surface area contributed by atoms with E-state index in [1.54, 1.807) is 69.9 Å². The Bertz CT molecular complexity index is 1360. The van der Waals surface area contributed by atoms with Gasteiger partial charge >= 0.3 is 0 Å². The molecule has 0 saturated heterocycles. The number of benzene rings is 3. The fourth-order valence-electron chi connectivity index (χ4n) is 3.19. The normalized spacial score (nSPS) is 11.3. The minimum Gasteiger partial charge on any atom is -0.493 e. The molecule has 0 unspecified atom stereocenters. The van der Waals surface area contributed by atoms with E-state index in [4.69, 9.17) is 25.8 Å². The first-order valence-electron chi connectivity index (χ1n) is 9.62. The lowest BCUT2D eigenvalue weighted by Gasteiger charge is -2.13. The van der Waals surface area contributed by atoms with Crippen molar-refractivity contribution in [1.82, 2.24) is 10.2 Å². The molecule has 33 heavy (non-hydrogen) atoms. The van der Waals surface area contributed by atoms with Crippen LogP contribution in [0.15, 0.2) is 70.5 Å². The molecule has 0 radical (unpaired) electrons. The maximum Gasteiger partial charge on any atom is 0.206 e. The van der Waals surface area contributed by atoms with Crippen LogP contribution in [-0.2, 0) is 9.84 Å². The van der Waals surface area contributed by atoms with Gasteiger partial charge in [-0.15, -0.1) is 10.2 Å². The van der Waals surface area contributed by atoms with Crippen molar-refractivity contribution >= 4 is 32.8 Å². The van der Waals surface area contributed by atoms with Gasteiger partial charge in [0.15, 0.2) is 11.5 Å². The van der Waals surface area contributed by atoms with Gasteiger partial charge in [0.25, 0.3) is 0 Å². The molecule has 0 amide bonds. The molecular weight excluding hydrogens is 484 g/mol. The summed E-state index contributed by atoms with van der Waals surface area (Å²) in [7, 11) is 0.992. The van der Waals surface area contributed by atoms with Crippen LogP contribution in [0, 0.1) is 0 Å². The Morgan fingerprint density at radius 2 is 1.21 bits per heavy atom. The van der Waals surface area contributed by atoms with Crippen molar-refractivity contribution in [2.75, 3.05) is 21.3 Å². The number of hydrogen-bond donors (Lipinski definition) is 0. The lowest BCUT2D eigenvalue weighted by molar-refractivity contribution is 0.324. The molecule has 0 spiro atoms. The largest absolute Gasteiger partial charge is 0.493 e. The van der Waals surface area contributed by atoms with E-state index < -0.39 is 9.84 Å². The van der Waals surface area contributed by atoms with Crippen molar-refractivity contribution in [3.05, 3.63) is 65.7 Å². The van der Waals surface area contributed by atoms with Crippen molar-refractivity contribution in [2.24, 2.45) is 0 Å². The number of nitrogens with zero attached hydrogens (tertiary/aromatic N) is 2. The highest BCUT2D eigenvalue weighted by atomic mass is 35.5. The summed E-state index contributed by atoms with van der Waals surface area (Å²) in [5, 5.41) is 10.3. The van der Waals surface area contributed by atoms with E-state index in [0.29, 0.717) is 32.3 Å². The lowest BCUT2D eigenvalue weighted by Crippen LogP contribution is -2.01. The number of sulfone groups is 1. The van der Waals surface area contributed by atoms with E-state index in [1.165, 1.54) is 23.5 Å². The zero-order valence-electron chi connectivity index (χ0n) is 17.9. The van der Waals surface area contributed by atoms with Crippen LogP contribution in [0.25, 0.3) is 21.1 Å². The predicted octanol–water partition coefficient (Wildman–Crippen LogP) is 5.38. The zero-order valence-corrected chi connectivity index (χ0v) is 20.3. The van der Waals surface area contributed by atoms with E-state index >= 15 is 0 Å². The SMILES string of the molecule is COc1cc(-c2nnc(-c3ccc(S(=O)(=O)c4ccc(Cl)cc4)cc3)s2)cc(OC)c1OC. The van der Waals surface area contributed by atoms with E-state index in [0.717, 1.165) is 11.1 Å². The Hall–Kier alpha value is -3.14. The van der Waals surface area contributed by atoms with Crippen LogP contribution in [0.2, 0.25) is 5.02 Å². The maximum atomic E-state index is 12.9. The molecule has 0 atom stereocenters. The molecule has 0 N–H and O–H groups in total. The second-order valence-corrected chi connectivity index (χ2v) is 10.2. The van der Waals surface area contributed by atoms with E-state index in [-0.39, 0.29) is 9.79 Å². The molecule has 0 aliphatic rings. The Labute approximate surface area is 200 Å². The van der Waals surface area contributed by atoms with Gasteiger partial charge in [0.1, 0.15) is 10.0 Å². The van der Waals surface area contributed by atoms with Crippen LogP contribution >= 0.6 is 22.9 Å². The molecule has 0 aliphatic carbocycles. The van der Waals surface area contributed by atoms with E-state index in [2.05, 4.69) is 10.2 Å². The number of halogens is 1. The first-order chi connectivity index (χ1) is 15.9. The van der Waals surface area contributed by atoms with Crippen LogP contribution in [0.4, 0.5) is 0 Å². The van der Waals surface area contributed by atoms with Gasteiger partial charge in [0, 0.05) is 16.1 Å². The fourth-order valence-corrected chi connectivity index (χ4v) is 5.41. The topological polar surface area (TPSA) is 87.6 Å². The van der Waals surface area contributed by atoms with Crippen LogP contribution in [0.1, 0.15) is 0 Å². The fraction of sp³-hybridized carbons (Fsp3) is 0.130. The lowest BCUT2D eigenvalue weighted by atomic mass is 10.2. The summed E-state index contributed by atoms with van der Waals surface area (Å²) in [5.41, 5.74) is 1.51. The Morgan fingerprint density at radius 1 is 0.727 bits per heavy atom. The molecule has 7 nitrogen and oxygen atoms in total. The second kappa shape index (κ2) is 9.38. The van der Waals surface area contributed by atoms with Gasteiger partial charge in [0.2, 0.25) is 15.6 Å². The minimum absolute atomic E-state index is 0.181. The van der Waals surface area contributed by atoms with Crippen LogP contribution in [-0.4, -0.2) is 39.9 Å². The highest BCUT2D eigenvalue weighted by molar-refractivity contribution is 7.91. The summed E-state index contributed by atoms with van der Waals surface area (Å²) >= 11 is 7.23. The number of ether oxygens (including phenoxy) is 3. The summed E-state index contributed by atoms with van der Waals surface area (Å²) in [6.45, 7) is 0. The van der Waals surface area contributed by atoms with Gasteiger partial charge in [-0.2, -0.15) is 0 Å². The first-order valence-corrected chi connectivity index (χ1v) is 12.3. The highest BCUT2D eigenvalue weighted by Gasteiger charge is 2.19. The van der Waals surface area contributed by atoms with Crippen molar-refractivity contribution in [1.29, 1.82) is 0 Å². The van der Waals surface area contributed by atoms with E-state index in [1.807, 2.05) is 0 Å². The van der Waals surface area contributed by atoms with Gasteiger partial charge in [-0.1, -0.05) is 35.1 Å². The maximum absolute atomic E-state index is 12.9. The Morgan fingerprint density at radius 3 is 1.70 bits per heavy atom. The zero-order chi connectivity index (χ0) is 23.6. The molecule has 3 aromatic carbocycles. The van der Waals surface area contributed by atoms with Crippen LogP contribution in [0.3, 0.4) is 0 Å². The molecule has 4 rings (SSSR count). The molecule has 1 aromatic heterocycles. The standard InChI is InChI=1S/C23H19ClN2O5S2/c1-29-19-12-15(13-20(30-2)21(19)31-3)23-26-25-22(32-23)14-4-8-17(9-5-14)33(27,28)18-10-6-16(24)7-11-18/h4-13H,1-3H3. The average Bonchev–Trinajstić information content (AvgIpc) is 3.34. The number of hydrogen-bond acceptors (Lipinski definition) is 8. The summed E-state index contributed by atoms with van der Waals surface area (Å²) in [5.74, 6) is 1.52. The molecule has 0 fully saturated rings. The Kier molecular flexibility index (Phi) is 6.55. The molecule has 170 valence electrons. The summed E-state index contributed by atoms with van der Waals surface area (Å²) in [6.07, 6.45) is 0. The van der Waals surface area contributed by atoms with Crippen LogP contribution < -0.4 is 14.2 Å². The predicted molar refractivity (Wildman–Crippen MR) is 127 cm³/mol. The van der Waals surface area contributed by atoms with Crippen molar-refractivity contribution in [2.45, 2.75) is 9.79 Å². The number of aromatic nitrogens is 2. The van der Waals surface area contributed by atoms with Crippen molar-refractivity contribution in [3.8, 4) is 38.4 Å². The third-order valence-electron chi connectivity index (χ3n) is 4.87. The van der Waals surface area contributed by atoms with Gasteiger partial charge in [-0.05, 0) is 48.5 Å². The molecule has 0 bridgehead atoms. The average molecular weight is 503 g/mol. The smallest absolute Gasteiger partial charge is 0.206 e. The molecule has 0 aliphatic heterocycles.